The van der Waals surface area contributed by atoms with Gasteiger partial charge in [0.15, 0.2) is 11.3 Å². The van der Waals surface area contributed by atoms with Crippen molar-refractivity contribution in [3.63, 3.8) is 0 Å². The van der Waals surface area contributed by atoms with Crippen LogP contribution in [0.1, 0.15) is 35.3 Å². The number of rotatable bonds is 4. The van der Waals surface area contributed by atoms with Crippen LogP contribution in [-0.4, -0.2) is 49.4 Å². The number of anilines is 2. The van der Waals surface area contributed by atoms with E-state index in [0.717, 1.165) is 19.4 Å². The lowest BCUT2D eigenvalue weighted by atomic mass is 10.1. The van der Waals surface area contributed by atoms with E-state index < -0.39 is 18.0 Å². The van der Waals surface area contributed by atoms with Crippen molar-refractivity contribution in [1.82, 2.24) is 24.4 Å². The number of hydrogen-bond acceptors (Lipinski definition) is 6. The minimum atomic E-state index is -2.80. The Kier molecular flexibility index (Phi) is 4.67. The molecule has 0 aromatic carbocycles. The van der Waals surface area contributed by atoms with Gasteiger partial charge in [-0.2, -0.15) is 10.2 Å². The zero-order valence-electron chi connectivity index (χ0n) is 15.2. The average molecular weight is 390 g/mol. The molecule has 0 bridgehead atoms. The van der Waals surface area contributed by atoms with Crippen molar-refractivity contribution in [3.8, 4) is 0 Å². The summed E-state index contributed by atoms with van der Waals surface area (Å²) in [6.07, 6.45) is 3.55. The molecule has 1 amide bonds. The molecule has 28 heavy (non-hydrogen) atoms. The fourth-order valence-corrected chi connectivity index (χ4v) is 3.37. The lowest BCUT2D eigenvalue weighted by molar-refractivity contribution is 0.102. The highest BCUT2D eigenvalue weighted by atomic mass is 19.3. The van der Waals surface area contributed by atoms with Gasteiger partial charge in [-0.3, -0.25) is 9.48 Å². The lowest BCUT2D eigenvalue weighted by Gasteiger charge is -2.31. The van der Waals surface area contributed by atoms with Crippen molar-refractivity contribution in [2.75, 3.05) is 23.3 Å². The van der Waals surface area contributed by atoms with Crippen LogP contribution in [0.2, 0.25) is 0 Å². The molecule has 0 saturated carbocycles. The normalized spacial score (nSPS) is 17.5. The number of carbonyl (C=O) groups excluding carboxylic acids is 1. The second-order valence-corrected chi connectivity index (χ2v) is 6.82. The number of nitrogens with one attached hydrogen (secondary N) is 1. The highest BCUT2D eigenvalue weighted by Gasteiger charge is 2.23. The van der Waals surface area contributed by atoms with Crippen LogP contribution in [0, 0.1) is 0 Å². The molecule has 1 aliphatic rings. The second-order valence-electron chi connectivity index (χ2n) is 6.82. The van der Waals surface area contributed by atoms with Gasteiger partial charge in [-0.1, -0.05) is 0 Å². The van der Waals surface area contributed by atoms with Gasteiger partial charge in [-0.25, -0.2) is 18.3 Å². The summed E-state index contributed by atoms with van der Waals surface area (Å²) in [6, 6.07) is 1.90. The van der Waals surface area contributed by atoms with Crippen LogP contribution in [0.25, 0.3) is 5.65 Å². The van der Waals surface area contributed by atoms with Crippen LogP contribution >= 0.6 is 0 Å². The topological polar surface area (TPSA) is 106 Å². The molecule has 1 atom stereocenters. The Bertz CT molecular complexity index is 1010. The smallest absolute Gasteiger partial charge is 0.284 e. The predicted molar refractivity (Wildman–Crippen MR) is 98.5 cm³/mol. The van der Waals surface area contributed by atoms with E-state index in [4.69, 9.17) is 5.73 Å². The third-order valence-corrected chi connectivity index (χ3v) is 4.69. The summed E-state index contributed by atoms with van der Waals surface area (Å²) in [5.74, 6) is 0.122. The predicted octanol–water partition coefficient (Wildman–Crippen LogP) is 1.58. The third-order valence-electron chi connectivity index (χ3n) is 4.69. The summed E-state index contributed by atoms with van der Waals surface area (Å²) < 4.78 is 28.9. The first kappa shape index (κ1) is 18.3. The number of nitrogens with two attached hydrogens (primary N) is 1. The number of aryl methyl sites for hydroxylation is 1. The molecule has 0 spiro atoms. The maximum absolute atomic E-state index is 13.1. The minimum Gasteiger partial charge on any atom is -0.355 e. The third kappa shape index (κ3) is 3.40. The molecule has 0 aliphatic carbocycles. The fourth-order valence-electron chi connectivity index (χ4n) is 3.37. The molecule has 1 saturated heterocycles. The van der Waals surface area contributed by atoms with Crippen molar-refractivity contribution in [1.29, 1.82) is 0 Å². The van der Waals surface area contributed by atoms with Crippen LogP contribution in [0.4, 0.5) is 20.3 Å². The van der Waals surface area contributed by atoms with Crippen LogP contribution < -0.4 is 16.0 Å². The number of fused-ring (bicyclic) bond motifs is 1. The standard InChI is InChI=1S/C17H20F2N8O/c1-25-9-12(14(24-25)15(18)19)22-17(28)11-7-21-27-6-4-13(23-16(11)27)26-5-2-3-10(20)8-26/h4,6-7,9-10,15H,2-3,5,8,20H2,1H3,(H,22,28)/t10-/m1/s1. The van der Waals surface area contributed by atoms with E-state index >= 15 is 0 Å². The average Bonchev–Trinajstić information content (AvgIpc) is 3.24. The highest BCUT2D eigenvalue weighted by molar-refractivity contribution is 6.08. The lowest BCUT2D eigenvalue weighted by Crippen LogP contribution is -2.43. The van der Waals surface area contributed by atoms with Gasteiger partial charge in [0, 0.05) is 38.6 Å². The summed E-state index contributed by atoms with van der Waals surface area (Å²) in [6.45, 7) is 1.52. The van der Waals surface area contributed by atoms with Crippen LogP contribution in [0.5, 0.6) is 0 Å². The summed E-state index contributed by atoms with van der Waals surface area (Å²) in [5, 5.41) is 10.3. The molecule has 3 N–H and O–H groups in total. The molecule has 3 aromatic heterocycles. The van der Waals surface area contributed by atoms with Crippen LogP contribution in [0.15, 0.2) is 24.7 Å². The molecule has 148 valence electrons. The second kappa shape index (κ2) is 7.15. The first-order valence-corrected chi connectivity index (χ1v) is 8.90. The highest BCUT2D eigenvalue weighted by Crippen LogP contribution is 2.26. The molecule has 4 rings (SSSR count). The number of carbonyl (C=O) groups is 1. The molecule has 11 heteroatoms. The van der Waals surface area contributed by atoms with Crippen molar-refractivity contribution in [3.05, 3.63) is 35.9 Å². The van der Waals surface area contributed by atoms with Crippen molar-refractivity contribution < 1.29 is 13.6 Å². The Morgan fingerprint density at radius 3 is 3.00 bits per heavy atom. The molecule has 3 aromatic rings. The van der Waals surface area contributed by atoms with Gasteiger partial charge < -0.3 is 16.0 Å². The number of amides is 1. The van der Waals surface area contributed by atoms with E-state index in [-0.39, 0.29) is 17.3 Å². The van der Waals surface area contributed by atoms with E-state index in [1.165, 1.54) is 28.6 Å². The molecule has 0 radical (unpaired) electrons. The number of halogens is 2. The van der Waals surface area contributed by atoms with E-state index in [0.29, 0.717) is 18.0 Å². The van der Waals surface area contributed by atoms with Crippen LogP contribution in [-0.2, 0) is 7.05 Å². The Balaban J connectivity index is 1.63. The number of hydrogen-bond donors (Lipinski definition) is 2. The number of piperidine rings is 1. The fraction of sp³-hybridized carbons (Fsp3) is 0.412. The molecule has 9 nitrogen and oxygen atoms in total. The zero-order valence-corrected chi connectivity index (χ0v) is 15.2. The zero-order chi connectivity index (χ0) is 19.8. The largest absolute Gasteiger partial charge is 0.355 e. The summed E-state index contributed by atoms with van der Waals surface area (Å²) >= 11 is 0. The SMILES string of the molecule is Cn1cc(NC(=O)c2cnn3ccc(N4CCC[C@@H](N)C4)nc23)c(C(F)F)n1. The Morgan fingerprint density at radius 2 is 2.25 bits per heavy atom. The van der Waals surface area contributed by atoms with E-state index in [1.807, 2.05) is 6.07 Å². The number of nitrogens with zero attached hydrogens (tertiary/aromatic N) is 6. The summed E-state index contributed by atoms with van der Waals surface area (Å²) in [5.41, 5.74) is 6.05. The first-order chi connectivity index (χ1) is 13.4. The van der Waals surface area contributed by atoms with Gasteiger partial charge in [0.2, 0.25) is 0 Å². The quantitative estimate of drug-likeness (QED) is 0.701. The number of alkyl halides is 2. The van der Waals surface area contributed by atoms with Crippen molar-refractivity contribution in [2.45, 2.75) is 25.3 Å². The van der Waals surface area contributed by atoms with Gasteiger partial charge in [0.05, 0.1) is 11.9 Å². The van der Waals surface area contributed by atoms with E-state index in [2.05, 4.69) is 25.4 Å². The maximum atomic E-state index is 13.1. The molecule has 1 fully saturated rings. The molecule has 0 unspecified atom stereocenters. The summed E-state index contributed by atoms with van der Waals surface area (Å²) in [4.78, 5) is 19.3. The molecule has 4 heterocycles. The first-order valence-electron chi connectivity index (χ1n) is 8.90. The van der Waals surface area contributed by atoms with Crippen molar-refractivity contribution in [2.24, 2.45) is 12.8 Å². The molecule has 1 aliphatic heterocycles. The van der Waals surface area contributed by atoms with Gasteiger partial charge in [0.1, 0.15) is 11.4 Å². The maximum Gasteiger partial charge on any atom is 0.284 e. The van der Waals surface area contributed by atoms with Crippen molar-refractivity contribution >= 4 is 23.1 Å². The van der Waals surface area contributed by atoms with Crippen LogP contribution in [0.3, 0.4) is 0 Å². The molecular weight excluding hydrogens is 370 g/mol. The molecular formula is C17H20F2N8O. The summed E-state index contributed by atoms with van der Waals surface area (Å²) in [7, 11) is 1.51. The van der Waals surface area contributed by atoms with Gasteiger partial charge in [0.25, 0.3) is 12.3 Å². The minimum absolute atomic E-state index is 0.0417. The van der Waals surface area contributed by atoms with Gasteiger partial charge in [-0.15, -0.1) is 0 Å². The number of aromatic nitrogens is 5. The van der Waals surface area contributed by atoms with Gasteiger partial charge in [-0.05, 0) is 18.9 Å². The van der Waals surface area contributed by atoms with E-state index in [1.54, 1.807) is 6.20 Å². The monoisotopic (exact) mass is 390 g/mol. The Labute approximate surface area is 159 Å². The van der Waals surface area contributed by atoms with Gasteiger partial charge >= 0.3 is 0 Å². The Hall–Kier alpha value is -3.08. The Morgan fingerprint density at radius 1 is 1.43 bits per heavy atom. The van der Waals surface area contributed by atoms with E-state index in [9.17, 15) is 13.6 Å².